The van der Waals surface area contributed by atoms with E-state index in [1.54, 1.807) is 12.1 Å². The molecule has 0 saturated carbocycles. The van der Waals surface area contributed by atoms with Crippen LogP contribution in [0.1, 0.15) is 0 Å². The van der Waals surface area contributed by atoms with Gasteiger partial charge in [0, 0.05) is 11.8 Å². The zero-order valence-corrected chi connectivity index (χ0v) is 22.9. The van der Waals surface area contributed by atoms with Gasteiger partial charge in [-0.05, 0) is 72.8 Å². The first-order valence-corrected chi connectivity index (χ1v) is 14.4. The quantitative estimate of drug-likeness (QED) is 0.249. The minimum atomic E-state index is -4.21. The fourth-order valence-corrected chi connectivity index (χ4v) is 5.25. The first-order chi connectivity index (χ1) is 19.1. The number of carbonyl (C=O) groups is 1. The Bertz CT molecular complexity index is 1710. The summed E-state index contributed by atoms with van der Waals surface area (Å²) in [6.07, 6.45) is 0. The molecule has 0 unspecified atom stereocenters. The number of amides is 2. The Hall–Kier alpha value is -4.75. The minimum absolute atomic E-state index is 0.0389. The molecule has 2 N–H and O–H groups in total. The van der Waals surface area contributed by atoms with Crippen LogP contribution in [0.2, 0.25) is 0 Å². The molecule has 11 nitrogen and oxygen atoms in total. The highest BCUT2D eigenvalue weighted by molar-refractivity contribution is 7.87. The van der Waals surface area contributed by atoms with Gasteiger partial charge in [-0.3, -0.25) is 0 Å². The van der Waals surface area contributed by atoms with E-state index in [-0.39, 0.29) is 32.7 Å². The average molecular weight is 585 g/mol. The molecule has 0 spiro atoms. The average Bonchev–Trinajstić information content (AvgIpc) is 2.94. The van der Waals surface area contributed by atoms with Crippen LogP contribution in [0, 0.1) is 0 Å². The minimum Gasteiger partial charge on any atom is -0.497 e. The summed E-state index contributed by atoms with van der Waals surface area (Å²) in [7, 11) is -5.44. The van der Waals surface area contributed by atoms with E-state index in [9.17, 15) is 21.6 Å². The number of anilines is 2. The van der Waals surface area contributed by atoms with Gasteiger partial charge in [0.1, 0.15) is 27.0 Å². The molecule has 0 aromatic heterocycles. The van der Waals surface area contributed by atoms with E-state index in [0.29, 0.717) is 11.5 Å². The number of hydrogen-bond acceptors (Lipinski definition) is 9. The van der Waals surface area contributed by atoms with E-state index in [1.807, 2.05) is 0 Å². The number of ether oxygens (including phenoxy) is 2. The van der Waals surface area contributed by atoms with Gasteiger partial charge in [0.15, 0.2) is 5.75 Å². The van der Waals surface area contributed by atoms with E-state index < -0.39 is 26.3 Å². The van der Waals surface area contributed by atoms with Crippen molar-refractivity contribution >= 4 is 37.6 Å². The SMILES string of the molecule is COc1ccc(S(=O)(=O)Oc2cccc(NC(=O)Nc3ccccc3OS(=O)(=O)c3ccc(OC)cc3)c2)cc1. The summed E-state index contributed by atoms with van der Waals surface area (Å²) in [6, 6.07) is 22.3. The van der Waals surface area contributed by atoms with Gasteiger partial charge < -0.3 is 28.5 Å². The zero-order valence-electron chi connectivity index (χ0n) is 21.2. The van der Waals surface area contributed by atoms with Crippen molar-refractivity contribution in [3.05, 3.63) is 97.1 Å². The van der Waals surface area contributed by atoms with E-state index in [2.05, 4.69) is 10.6 Å². The van der Waals surface area contributed by atoms with Crippen LogP contribution >= 0.6 is 0 Å². The van der Waals surface area contributed by atoms with Crippen molar-refractivity contribution in [2.45, 2.75) is 9.79 Å². The number of para-hydroxylation sites is 2. The van der Waals surface area contributed by atoms with Crippen molar-refractivity contribution in [2.75, 3.05) is 24.9 Å². The highest BCUT2D eigenvalue weighted by atomic mass is 32.2. The van der Waals surface area contributed by atoms with Crippen molar-refractivity contribution in [2.24, 2.45) is 0 Å². The lowest BCUT2D eigenvalue weighted by atomic mass is 10.3. The van der Waals surface area contributed by atoms with Gasteiger partial charge >= 0.3 is 26.3 Å². The van der Waals surface area contributed by atoms with Crippen molar-refractivity contribution in [3.8, 4) is 23.0 Å². The summed E-state index contributed by atoms with van der Waals surface area (Å²) >= 11 is 0. The summed E-state index contributed by atoms with van der Waals surface area (Å²) in [6.45, 7) is 0. The number of methoxy groups -OCH3 is 2. The number of carbonyl (C=O) groups excluding carboxylic acids is 1. The first-order valence-electron chi connectivity index (χ1n) is 11.5. The van der Waals surface area contributed by atoms with Gasteiger partial charge in [0.2, 0.25) is 0 Å². The third kappa shape index (κ3) is 7.01. The maximum absolute atomic E-state index is 12.8. The molecule has 0 radical (unpaired) electrons. The topological polar surface area (TPSA) is 146 Å². The number of benzene rings is 4. The lowest BCUT2D eigenvalue weighted by Gasteiger charge is -2.14. The van der Waals surface area contributed by atoms with Crippen LogP contribution in [-0.4, -0.2) is 37.1 Å². The van der Waals surface area contributed by atoms with Gasteiger partial charge in [-0.2, -0.15) is 16.8 Å². The molecule has 4 aromatic carbocycles. The summed E-state index contributed by atoms with van der Waals surface area (Å²) in [5.74, 6) is 0.811. The molecule has 0 heterocycles. The molecule has 0 atom stereocenters. The van der Waals surface area contributed by atoms with Crippen molar-refractivity contribution in [1.82, 2.24) is 0 Å². The van der Waals surface area contributed by atoms with Crippen LogP contribution < -0.4 is 28.5 Å². The highest BCUT2D eigenvalue weighted by Crippen LogP contribution is 2.29. The molecular weight excluding hydrogens is 560 g/mol. The van der Waals surface area contributed by atoms with Crippen LogP contribution in [0.3, 0.4) is 0 Å². The predicted octanol–water partition coefficient (Wildman–Crippen LogP) is 4.88. The standard InChI is InChI=1S/C27H24N2O9S2/c1-35-20-10-14-23(15-11-20)39(31,32)37-22-7-5-6-19(18-22)28-27(30)29-25-8-3-4-9-26(25)38-40(33,34)24-16-12-21(36-2)13-17-24/h3-18H,1-2H3,(H2,28,29,30). The third-order valence-electron chi connectivity index (χ3n) is 5.33. The second-order valence-corrected chi connectivity index (χ2v) is 11.1. The number of rotatable bonds is 10. The first kappa shape index (κ1) is 28.3. The van der Waals surface area contributed by atoms with Crippen molar-refractivity contribution in [1.29, 1.82) is 0 Å². The molecule has 13 heteroatoms. The van der Waals surface area contributed by atoms with Crippen molar-refractivity contribution < 1.29 is 39.5 Å². The molecule has 208 valence electrons. The Balaban J connectivity index is 1.44. The van der Waals surface area contributed by atoms with Gasteiger partial charge in [-0.25, -0.2) is 4.79 Å². The van der Waals surface area contributed by atoms with Gasteiger partial charge in [0.25, 0.3) is 0 Å². The Labute approximate surface area is 231 Å². The highest BCUT2D eigenvalue weighted by Gasteiger charge is 2.20. The Morgan fingerprint density at radius 2 is 1.15 bits per heavy atom. The van der Waals surface area contributed by atoms with E-state index in [0.717, 1.165) is 0 Å². The van der Waals surface area contributed by atoms with E-state index in [1.165, 1.54) is 99.1 Å². The summed E-state index contributed by atoms with van der Waals surface area (Å²) < 4.78 is 71.3. The molecule has 0 bridgehead atoms. The molecular formula is C27H24N2O9S2. The van der Waals surface area contributed by atoms with Crippen molar-refractivity contribution in [3.63, 3.8) is 0 Å². The van der Waals surface area contributed by atoms with Crippen LogP contribution in [0.5, 0.6) is 23.0 Å². The second kappa shape index (κ2) is 12.0. The Morgan fingerprint density at radius 3 is 1.73 bits per heavy atom. The number of urea groups is 1. The molecule has 0 fully saturated rings. The Kier molecular flexibility index (Phi) is 8.46. The predicted molar refractivity (Wildman–Crippen MR) is 147 cm³/mol. The summed E-state index contributed by atoms with van der Waals surface area (Å²) in [4.78, 5) is 12.5. The van der Waals surface area contributed by atoms with Crippen LogP contribution in [0.25, 0.3) is 0 Å². The third-order valence-corrected chi connectivity index (χ3v) is 7.84. The van der Waals surface area contributed by atoms with Crippen LogP contribution in [0.4, 0.5) is 16.2 Å². The Morgan fingerprint density at radius 1 is 0.600 bits per heavy atom. The van der Waals surface area contributed by atoms with Crippen LogP contribution in [-0.2, 0) is 20.2 Å². The molecule has 40 heavy (non-hydrogen) atoms. The lowest BCUT2D eigenvalue weighted by molar-refractivity contribution is 0.262. The monoisotopic (exact) mass is 584 g/mol. The summed E-state index contributed by atoms with van der Waals surface area (Å²) in [5.41, 5.74) is 0.288. The van der Waals surface area contributed by atoms with Gasteiger partial charge in [-0.1, -0.05) is 18.2 Å². The second-order valence-electron chi connectivity index (χ2n) is 8.03. The van der Waals surface area contributed by atoms with Gasteiger partial charge in [-0.15, -0.1) is 0 Å². The van der Waals surface area contributed by atoms with E-state index in [4.69, 9.17) is 17.8 Å². The smallest absolute Gasteiger partial charge is 0.339 e. The molecule has 4 rings (SSSR count). The summed E-state index contributed by atoms with van der Waals surface area (Å²) in [5, 5.41) is 5.07. The molecule has 0 aliphatic heterocycles. The molecule has 0 aliphatic carbocycles. The van der Waals surface area contributed by atoms with E-state index >= 15 is 0 Å². The fourth-order valence-electron chi connectivity index (χ4n) is 3.38. The maximum atomic E-state index is 12.8. The fraction of sp³-hybridized carbons (Fsp3) is 0.0741. The molecule has 0 saturated heterocycles. The lowest BCUT2D eigenvalue weighted by Crippen LogP contribution is -2.20. The molecule has 4 aromatic rings. The number of hydrogen-bond donors (Lipinski definition) is 2. The maximum Gasteiger partial charge on any atom is 0.339 e. The van der Waals surface area contributed by atoms with Crippen LogP contribution in [0.15, 0.2) is 107 Å². The zero-order chi connectivity index (χ0) is 28.8. The molecule has 0 aliphatic rings. The normalized spacial score (nSPS) is 11.2. The largest absolute Gasteiger partial charge is 0.497 e. The van der Waals surface area contributed by atoms with Gasteiger partial charge in [0.05, 0.1) is 19.9 Å². The molecule has 2 amide bonds. The number of nitrogens with one attached hydrogen (secondary N) is 2.